The Hall–Kier alpha value is -3.47. The lowest BCUT2D eigenvalue weighted by Gasteiger charge is -2.24. The van der Waals surface area contributed by atoms with Crippen molar-refractivity contribution in [2.45, 2.75) is 25.6 Å². The number of nitrogens with one attached hydrogen (secondary N) is 2. The molecule has 1 fully saturated rings. The normalized spacial score (nSPS) is 18.0. The summed E-state index contributed by atoms with van der Waals surface area (Å²) >= 11 is 3.30. The molecule has 2 atom stereocenters. The van der Waals surface area contributed by atoms with Crippen molar-refractivity contribution in [3.8, 4) is 0 Å². The van der Waals surface area contributed by atoms with E-state index in [2.05, 4.69) is 31.5 Å². The molecule has 1 aliphatic rings. The number of primary amides is 1. The van der Waals surface area contributed by atoms with E-state index in [0.717, 1.165) is 4.90 Å². The van der Waals surface area contributed by atoms with Gasteiger partial charge < -0.3 is 21.3 Å². The van der Waals surface area contributed by atoms with Crippen molar-refractivity contribution in [1.29, 1.82) is 0 Å². The molecule has 4 amide bonds. The SMILES string of the molecule is Cc1ncc(Br)cc1NC(=O)[C@@H]1C[C@@H](F)CN1C(=O)Nc1cn(C(N)=O)c2ccccc12. The summed E-state index contributed by atoms with van der Waals surface area (Å²) in [5, 5.41) is 6.00. The fourth-order valence-corrected chi connectivity index (χ4v) is 4.09. The van der Waals surface area contributed by atoms with Crippen molar-refractivity contribution < 1.29 is 18.8 Å². The zero-order valence-corrected chi connectivity index (χ0v) is 18.6. The molecule has 4 N–H and O–H groups in total. The highest BCUT2D eigenvalue weighted by molar-refractivity contribution is 9.10. The molecule has 1 aliphatic heterocycles. The van der Waals surface area contributed by atoms with Crippen LogP contribution in [-0.2, 0) is 4.79 Å². The Labute approximate surface area is 190 Å². The molecule has 3 heterocycles. The number of aryl methyl sites for hydroxylation is 1. The summed E-state index contributed by atoms with van der Waals surface area (Å²) in [6, 6.07) is 6.22. The summed E-state index contributed by atoms with van der Waals surface area (Å²) in [5.74, 6) is -0.511. The van der Waals surface area contributed by atoms with E-state index in [1.54, 1.807) is 43.5 Å². The van der Waals surface area contributed by atoms with Crippen molar-refractivity contribution in [1.82, 2.24) is 14.5 Å². The Morgan fingerprint density at radius 1 is 1.22 bits per heavy atom. The van der Waals surface area contributed by atoms with Gasteiger partial charge in [-0.05, 0) is 35.0 Å². The van der Waals surface area contributed by atoms with Crippen LogP contribution >= 0.6 is 15.9 Å². The number of anilines is 2. The van der Waals surface area contributed by atoms with Crippen LogP contribution in [-0.4, -0.2) is 51.2 Å². The maximum absolute atomic E-state index is 14.2. The summed E-state index contributed by atoms with van der Waals surface area (Å²) in [4.78, 5) is 42.9. The topological polar surface area (TPSA) is 122 Å². The van der Waals surface area contributed by atoms with Crippen LogP contribution < -0.4 is 16.4 Å². The van der Waals surface area contributed by atoms with Gasteiger partial charge in [0.25, 0.3) is 0 Å². The summed E-state index contributed by atoms with van der Waals surface area (Å²) in [6.07, 6.45) is 1.54. The molecular weight excluding hydrogens is 483 g/mol. The first kappa shape index (κ1) is 21.8. The van der Waals surface area contributed by atoms with Crippen molar-refractivity contribution in [2.75, 3.05) is 17.2 Å². The highest BCUT2D eigenvalue weighted by atomic mass is 79.9. The van der Waals surface area contributed by atoms with E-state index in [-0.39, 0.29) is 13.0 Å². The molecule has 11 heteroatoms. The molecule has 0 unspecified atom stereocenters. The van der Waals surface area contributed by atoms with E-state index >= 15 is 0 Å². The second kappa shape index (κ2) is 8.58. The average molecular weight is 503 g/mol. The summed E-state index contributed by atoms with van der Waals surface area (Å²) in [7, 11) is 0. The molecule has 1 aromatic carbocycles. The average Bonchev–Trinajstić information content (AvgIpc) is 3.32. The first-order valence-corrected chi connectivity index (χ1v) is 10.6. The van der Waals surface area contributed by atoms with Gasteiger partial charge in [-0.1, -0.05) is 18.2 Å². The molecule has 166 valence electrons. The summed E-state index contributed by atoms with van der Waals surface area (Å²) in [5.41, 5.74) is 7.32. The van der Waals surface area contributed by atoms with Crippen LogP contribution in [0.15, 0.2) is 47.2 Å². The zero-order valence-electron chi connectivity index (χ0n) is 17.0. The molecule has 0 bridgehead atoms. The first-order chi connectivity index (χ1) is 15.2. The van der Waals surface area contributed by atoms with Gasteiger partial charge in [-0.2, -0.15) is 0 Å². The van der Waals surface area contributed by atoms with E-state index in [1.807, 2.05) is 0 Å². The number of alkyl halides is 1. The Kier molecular flexibility index (Phi) is 5.83. The number of rotatable bonds is 3. The third kappa shape index (κ3) is 4.15. The molecule has 1 saturated heterocycles. The number of hydrogen-bond acceptors (Lipinski definition) is 4. The number of nitrogens with two attached hydrogens (primary N) is 1. The van der Waals surface area contributed by atoms with Gasteiger partial charge in [-0.3, -0.25) is 14.3 Å². The predicted octanol–water partition coefficient (Wildman–Crippen LogP) is 3.62. The van der Waals surface area contributed by atoms with Gasteiger partial charge in [0.05, 0.1) is 29.1 Å². The second-order valence-corrected chi connectivity index (χ2v) is 8.39. The fraction of sp³-hybridized carbons (Fsp3) is 0.238. The van der Waals surface area contributed by atoms with Crippen molar-refractivity contribution in [3.05, 3.63) is 52.9 Å². The molecule has 0 aliphatic carbocycles. The largest absolute Gasteiger partial charge is 0.351 e. The van der Waals surface area contributed by atoms with Crippen LogP contribution in [0.5, 0.6) is 0 Å². The molecule has 0 spiro atoms. The van der Waals surface area contributed by atoms with Crippen molar-refractivity contribution >= 4 is 56.2 Å². The molecule has 9 nitrogen and oxygen atoms in total. The van der Waals surface area contributed by atoms with Crippen LogP contribution in [0.4, 0.5) is 25.4 Å². The molecule has 3 aromatic rings. The van der Waals surface area contributed by atoms with E-state index < -0.39 is 30.2 Å². The molecule has 4 rings (SSSR count). The van der Waals surface area contributed by atoms with E-state index in [1.165, 1.54) is 10.8 Å². The lowest BCUT2D eigenvalue weighted by molar-refractivity contribution is -0.119. The lowest BCUT2D eigenvalue weighted by atomic mass is 10.2. The van der Waals surface area contributed by atoms with Gasteiger partial charge >= 0.3 is 12.1 Å². The molecule has 32 heavy (non-hydrogen) atoms. The number of carbonyl (C=O) groups excluding carboxylic acids is 3. The van der Waals surface area contributed by atoms with Crippen molar-refractivity contribution in [2.24, 2.45) is 5.73 Å². The minimum atomic E-state index is -1.34. The number of aromatic nitrogens is 2. The Balaban J connectivity index is 1.56. The highest BCUT2D eigenvalue weighted by Gasteiger charge is 2.40. The first-order valence-electron chi connectivity index (χ1n) is 9.79. The number of amides is 4. The molecule has 0 saturated carbocycles. The van der Waals surface area contributed by atoms with Crippen LogP contribution in [0.2, 0.25) is 0 Å². The smallest absolute Gasteiger partial charge is 0.323 e. The number of hydrogen-bond donors (Lipinski definition) is 3. The molecule has 2 aromatic heterocycles. The lowest BCUT2D eigenvalue weighted by Crippen LogP contribution is -2.45. The minimum absolute atomic E-state index is 0.122. The standard InChI is InChI=1S/C21H20BrFN6O3/c1-11-15(6-12(22)8-25-11)26-19(30)18-7-13(23)9-29(18)21(32)27-16-10-28(20(24)31)17-5-3-2-4-14(16)17/h2-6,8,10,13,18H,7,9H2,1H3,(H2,24,31)(H,26,30)(H,27,32)/t13-,18+/m1/s1. The second-order valence-electron chi connectivity index (χ2n) is 7.48. The highest BCUT2D eigenvalue weighted by Crippen LogP contribution is 2.28. The van der Waals surface area contributed by atoms with Gasteiger partial charge in [0.1, 0.15) is 12.2 Å². The monoisotopic (exact) mass is 502 g/mol. The van der Waals surface area contributed by atoms with Gasteiger partial charge in [0, 0.05) is 28.7 Å². The number of halogens is 2. The Morgan fingerprint density at radius 2 is 1.97 bits per heavy atom. The third-order valence-corrected chi connectivity index (χ3v) is 5.75. The minimum Gasteiger partial charge on any atom is -0.351 e. The number of para-hydroxylation sites is 1. The third-order valence-electron chi connectivity index (χ3n) is 5.32. The van der Waals surface area contributed by atoms with Crippen LogP contribution in [0.25, 0.3) is 10.9 Å². The van der Waals surface area contributed by atoms with Gasteiger partial charge in [-0.25, -0.2) is 14.0 Å². The summed E-state index contributed by atoms with van der Waals surface area (Å²) < 4.78 is 16.1. The fourth-order valence-electron chi connectivity index (χ4n) is 3.76. The van der Waals surface area contributed by atoms with Gasteiger partial charge in [-0.15, -0.1) is 0 Å². The van der Waals surface area contributed by atoms with E-state index in [4.69, 9.17) is 5.73 Å². The number of likely N-dealkylation sites (tertiary alicyclic amines) is 1. The number of carbonyl (C=O) groups is 3. The number of fused-ring (bicyclic) bond motifs is 1. The van der Waals surface area contributed by atoms with Crippen LogP contribution in [0.1, 0.15) is 12.1 Å². The van der Waals surface area contributed by atoms with Crippen molar-refractivity contribution in [3.63, 3.8) is 0 Å². The number of benzene rings is 1. The van der Waals surface area contributed by atoms with Crippen LogP contribution in [0.3, 0.4) is 0 Å². The maximum atomic E-state index is 14.2. The Bertz CT molecular complexity index is 1230. The predicted molar refractivity (Wildman–Crippen MR) is 121 cm³/mol. The number of nitrogens with zero attached hydrogens (tertiary/aromatic N) is 3. The maximum Gasteiger partial charge on any atom is 0.323 e. The Morgan fingerprint density at radius 3 is 2.72 bits per heavy atom. The van der Waals surface area contributed by atoms with Gasteiger partial charge in [0.2, 0.25) is 5.91 Å². The van der Waals surface area contributed by atoms with E-state index in [0.29, 0.717) is 32.4 Å². The van der Waals surface area contributed by atoms with Gasteiger partial charge in [0.15, 0.2) is 0 Å². The van der Waals surface area contributed by atoms with Crippen LogP contribution in [0, 0.1) is 6.92 Å². The zero-order chi connectivity index (χ0) is 23.0. The summed E-state index contributed by atoms with van der Waals surface area (Å²) in [6.45, 7) is 1.50. The number of pyridine rings is 1. The number of urea groups is 1. The van der Waals surface area contributed by atoms with E-state index in [9.17, 15) is 18.8 Å². The quantitative estimate of drug-likeness (QED) is 0.506. The molecule has 0 radical (unpaired) electrons. The molecular formula is C21H20BrFN6O3.